The Morgan fingerprint density at radius 3 is 2.68 bits per heavy atom. The fourth-order valence-corrected chi connectivity index (χ4v) is 3.41. The number of esters is 1. The number of ether oxygens (including phenoxy) is 2. The van der Waals surface area contributed by atoms with Crippen LogP contribution in [-0.2, 0) is 20.9 Å². The van der Waals surface area contributed by atoms with Crippen LogP contribution in [0.15, 0.2) is 42.5 Å². The molecule has 0 saturated heterocycles. The highest BCUT2D eigenvalue weighted by Gasteiger charge is 2.34. The van der Waals surface area contributed by atoms with Crippen LogP contribution in [-0.4, -0.2) is 50.1 Å². The molecule has 2 aromatic rings. The van der Waals surface area contributed by atoms with E-state index in [4.69, 9.17) is 9.47 Å². The van der Waals surface area contributed by atoms with Crippen LogP contribution in [0, 0.1) is 13.8 Å². The number of fused-ring (bicyclic) bond motifs is 1. The molecule has 2 aromatic carbocycles. The van der Waals surface area contributed by atoms with E-state index < -0.39 is 12.1 Å². The molecule has 1 aliphatic heterocycles. The van der Waals surface area contributed by atoms with Crippen molar-refractivity contribution in [2.45, 2.75) is 26.5 Å². The molecular weight excluding hydrogens is 356 g/mol. The molecule has 0 aromatic heterocycles. The quantitative estimate of drug-likeness (QED) is 0.744. The summed E-state index contributed by atoms with van der Waals surface area (Å²) in [5.41, 5.74) is 4.30. The van der Waals surface area contributed by atoms with Crippen molar-refractivity contribution in [3.63, 3.8) is 0 Å². The van der Waals surface area contributed by atoms with Crippen molar-refractivity contribution in [3.8, 4) is 5.75 Å². The average Bonchev–Trinajstić information content (AvgIpc) is 2.68. The van der Waals surface area contributed by atoms with Crippen molar-refractivity contribution >= 4 is 17.6 Å². The fraction of sp³-hybridized carbons (Fsp3) is 0.364. The predicted molar refractivity (Wildman–Crippen MR) is 107 cm³/mol. The number of anilines is 1. The Labute approximate surface area is 165 Å². The van der Waals surface area contributed by atoms with Gasteiger partial charge in [-0.15, -0.1) is 0 Å². The lowest BCUT2D eigenvalue weighted by Crippen LogP contribution is -2.49. The van der Waals surface area contributed by atoms with Crippen molar-refractivity contribution in [1.82, 2.24) is 4.90 Å². The molecular formula is C22H26N2O4. The van der Waals surface area contributed by atoms with Crippen LogP contribution in [0.25, 0.3) is 0 Å². The van der Waals surface area contributed by atoms with E-state index in [1.807, 2.05) is 30.1 Å². The molecule has 1 aliphatic rings. The monoisotopic (exact) mass is 382 g/mol. The molecule has 0 radical (unpaired) electrons. The van der Waals surface area contributed by atoms with Crippen LogP contribution in [0.5, 0.6) is 5.75 Å². The van der Waals surface area contributed by atoms with Crippen molar-refractivity contribution in [3.05, 3.63) is 59.2 Å². The number of carbonyl (C=O) groups excluding carboxylic acids is 2. The normalized spacial score (nSPS) is 15.8. The minimum atomic E-state index is -0.825. The van der Waals surface area contributed by atoms with E-state index in [2.05, 4.69) is 32.0 Å². The molecule has 1 amide bonds. The Hall–Kier alpha value is -2.86. The number of rotatable bonds is 5. The minimum Gasteiger partial charge on any atom is -0.475 e. The molecule has 148 valence electrons. The summed E-state index contributed by atoms with van der Waals surface area (Å²) in [5, 5.41) is 0. The van der Waals surface area contributed by atoms with Gasteiger partial charge in [0.25, 0.3) is 0 Å². The van der Waals surface area contributed by atoms with Crippen LogP contribution in [0.2, 0.25) is 0 Å². The number of benzene rings is 2. The van der Waals surface area contributed by atoms with Crippen molar-refractivity contribution in [1.29, 1.82) is 0 Å². The first kappa shape index (κ1) is 19.9. The van der Waals surface area contributed by atoms with Gasteiger partial charge in [-0.2, -0.15) is 0 Å². The Morgan fingerprint density at radius 2 is 1.96 bits per heavy atom. The second-order valence-corrected chi connectivity index (χ2v) is 7.20. The molecule has 0 N–H and O–H groups in total. The van der Waals surface area contributed by atoms with Crippen molar-refractivity contribution < 1.29 is 19.1 Å². The summed E-state index contributed by atoms with van der Waals surface area (Å²) in [6.45, 7) is 5.19. The molecule has 0 saturated carbocycles. The van der Waals surface area contributed by atoms with Crippen molar-refractivity contribution in [2.24, 2.45) is 0 Å². The number of carbonyl (C=O) groups is 2. The van der Waals surface area contributed by atoms with Gasteiger partial charge < -0.3 is 14.4 Å². The number of likely N-dealkylation sites (N-methyl/N-ethyl adjacent to an activating group) is 1. The second kappa shape index (κ2) is 8.44. The molecule has 6 nitrogen and oxygen atoms in total. The SMILES string of the molecule is COC(=O)[C@@H]1CN(C(=O)CN(C)Cc2ccc(C)cc2C)c2ccccc2O1. The summed E-state index contributed by atoms with van der Waals surface area (Å²) < 4.78 is 10.5. The van der Waals surface area contributed by atoms with Gasteiger partial charge >= 0.3 is 5.97 Å². The molecule has 1 heterocycles. The van der Waals surface area contributed by atoms with Gasteiger partial charge in [-0.05, 0) is 44.2 Å². The first-order valence-corrected chi connectivity index (χ1v) is 9.27. The zero-order chi connectivity index (χ0) is 20.3. The highest BCUT2D eigenvalue weighted by Crippen LogP contribution is 2.33. The molecule has 0 spiro atoms. The van der Waals surface area contributed by atoms with Gasteiger partial charge in [0.1, 0.15) is 5.75 Å². The molecule has 28 heavy (non-hydrogen) atoms. The zero-order valence-corrected chi connectivity index (χ0v) is 16.8. The maximum absolute atomic E-state index is 13.0. The number of hydrogen-bond acceptors (Lipinski definition) is 5. The van der Waals surface area contributed by atoms with E-state index in [1.165, 1.54) is 23.8 Å². The van der Waals surface area contributed by atoms with Gasteiger partial charge in [0, 0.05) is 6.54 Å². The highest BCUT2D eigenvalue weighted by atomic mass is 16.6. The van der Waals surface area contributed by atoms with Gasteiger partial charge in [-0.25, -0.2) is 4.79 Å². The summed E-state index contributed by atoms with van der Waals surface area (Å²) in [4.78, 5) is 28.6. The number of hydrogen-bond donors (Lipinski definition) is 0. The lowest BCUT2D eigenvalue weighted by atomic mass is 10.1. The zero-order valence-electron chi connectivity index (χ0n) is 16.8. The van der Waals surface area contributed by atoms with Gasteiger partial charge in [-0.1, -0.05) is 35.9 Å². The van der Waals surface area contributed by atoms with Gasteiger partial charge in [0.15, 0.2) is 0 Å². The maximum atomic E-state index is 13.0. The van der Waals surface area contributed by atoms with E-state index in [1.54, 1.807) is 11.0 Å². The number of para-hydroxylation sites is 2. The van der Waals surface area contributed by atoms with E-state index in [0.29, 0.717) is 18.0 Å². The van der Waals surface area contributed by atoms with Crippen LogP contribution < -0.4 is 9.64 Å². The lowest BCUT2D eigenvalue weighted by Gasteiger charge is -2.34. The summed E-state index contributed by atoms with van der Waals surface area (Å²) in [7, 11) is 3.23. The molecule has 0 unspecified atom stereocenters. The lowest BCUT2D eigenvalue weighted by molar-refractivity contribution is -0.148. The summed E-state index contributed by atoms with van der Waals surface area (Å²) >= 11 is 0. The first-order chi connectivity index (χ1) is 13.4. The minimum absolute atomic E-state index is 0.0862. The van der Waals surface area contributed by atoms with E-state index in [0.717, 1.165) is 0 Å². The Balaban J connectivity index is 1.74. The van der Waals surface area contributed by atoms with Gasteiger partial charge in [-0.3, -0.25) is 9.69 Å². The predicted octanol–water partition coefficient (Wildman–Crippen LogP) is 2.70. The largest absolute Gasteiger partial charge is 0.475 e. The number of aryl methyl sites for hydroxylation is 2. The Kier molecular flexibility index (Phi) is 5.99. The summed E-state index contributed by atoms with van der Waals surface area (Å²) in [5.74, 6) is -0.0672. The van der Waals surface area contributed by atoms with Crippen LogP contribution in [0.4, 0.5) is 5.69 Å². The topological polar surface area (TPSA) is 59.1 Å². The fourth-order valence-electron chi connectivity index (χ4n) is 3.41. The maximum Gasteiger partial charge on any atom is 0.348 e. The first-order valence-electron chi connectivity index (χ1n) is 9.27. The summed E-state index contributed by atoms with van der Waals surface area (Å²) in [6, 6.07) is 13.6. The van der Waals surface area contributed by atoms with E-state index >= 15 is 0 Å². The second-order valence-electron chi connectivity index (χ2n) is 7.20. The molecule has 0 bridgehead atoms. The number of amides is 1. The molecule has 0 fully saturated rings. The standard InChI is InChI=1S/C22H26N2O4/c1-15-9-10-17(16(2)11-15)12-23(3)14-21(25)24-13-20(22(26)27-4)28-19-8-6-5-7-18(19)24/h5-11,20H,12-14H2,1-4H3/t20-/m0/s1. The summed E-state index contributed by atoms with van der Waals surface area (Å²) in [6.07, 6.45) is -0.825. The number of nitrogens with zero attached hydrogens (tertiary/aromatic N) is 2. The van der Waals surface area contributed by atoms with E-state index in [9.17, 15) is 9.59 Å². The molecule has 6 heteroatoms. The third-order valence-corrected chi connectivity index (χ3v) is 4.88. The van der Waals surface area contributed by atoms with Crippen LogP contribution >= 0.6 is 0 Å². The Bertz CT molecular complexity index is 881. The van der Waals surface area contributed by atoms with Crippen LogP contribution in [0.1, 0.15) is 16.7 Å². The molecule has 1 atom stereocenters. The van der Waals surface area contributed by atoms with Gasteiger partial charge in [0.05, 0.1) is 25.9 Å². The smallest absolute Gasteiger partial charge is 0.348 e. The molecule has 3 rings (SSSR count). The third kappa shape index (κ3) is 4.34. The molecule has 0 aliphatic carbocycles. The van der Waals surface area contributed by atoms with Crippen LogP contribution in [0.3, 0.4) is 0 Å². The van der Waals surface area contributed by atoms with Crippen molar-refractivity contribution in [2.75, 3.05) is 32.1 Å². The highest BCUT2D eigenvalue weighted by molar-refractivity contribution is 5.98. The number of methoxy groups -OCH3 is 1. The Morgan fingerprint density at radius 1 is 1.21 bits per heavy atom. The van der Waals surface area contributed by atoms with E-state index in [-0.39, 0.29) is 19.0 Å². The average molecular weight is 382 g/mol. The third-order valence-electron chi connectivity index (χ3n) is 4.88. The van der Waals surface area contributed by atoms with Gasteiger partial charge in [0.2, 0.25) is 12.0 Å².